The molecule has 0 aliphatic rings. The van der Waals surface area contributed by atoms with E-state index in [4.69, 9.17) is 34.8 Å². The van der Waals surface area contributed by atoms with Crippen molar-refractivity contribution in [2.75, 3.05) is 11.9 Å². The highest BCUT2D eigenvalue weighted by molar-refractivity contribution is 6.32. The van der Waals surface area contributed by atoms with E-state index in [1.807, 2.05) is 121 Å². The van der Waals surface area contributed by atoms with Gasteiger partial charge in [0.15, 0.2) is 0 Å². The molecule has 3 aromatic carbocycles. The first-order valence-corrected chi connectivity index (χ1v) is 19.7. The number of anilines is 1. The van der Waals surface area contributed by atoms with Crippen LogP contribution in [0, 0.1) is 20.8 Å². The number of halogens is 3. The maximum absolute atomic E-state index is 5.83. The van der Waals surface area contributed by atoms with Gasteiger partial charge < -0.3 is 10.3 Å². The Bertz CT molecular complexity index is 2940. The number of nitrogens with zero attached hydrogens (tertiary/aromatic N) is 12. The molecule has 2 N–H and O–H groups in total. The van der Waals surface area contributed by atoms with Gasteiger partial charge >= 0.3 is 0 Å². The fraction of sp³-hybridized carbons (Fsp3) is 0.116. The van der Waals surface area contributed by atoms with E-state index in [1.165, 1.54) is 5.56 Å². The van der Waals surface area contributed by atoms with Crippen LogP contribution in [-0.2, 0) is 6.42 Å². The van der Waals surface area contributed by atoms with E-state index in [0.717, 1.165) is 74.4 Å². The fourth-order valence-electron chi connectivity index (χ4n) is 5.82. The lowest BCUT2D eigenvalue weighted by molar-refractivity contribution is 0.939. The van der Waals surface area contributed by atoms with Crippen LogP contribution in [0.15, 0.2) is 135 Å². The summed E-state index contributed by atoms with van der Waals surface area (Å²) < 4.78 is 3.92. The van der Waals surface area contributed by atoms with Gasteiger partial charge in [-0.25, -0.2) is 34.9 Å². The lowest BCUT2D eigenvalue weighted by atomic mass is 10.2. The van der Waals surface area contributed by atoms with Gasteiger partial charge in [0.05, 0.1) is 39.4 Å². The third-order valence-corrected chi connectivity index (χ3v) is 9.63. The van der Waals surface area contributed by atoms with E-state index in [2.05, 4.69) is 60.1 Å². The maximum atomic E-state index is 5.83. The Labute approximate surface area is 359 Å². The van der Waals surface area contributed by atoms with Crippen LogP contribution in [0.25, 0.3) is 44.7 Å². The van der Waals surface area contributed by atoms with Crippen LogP contribution in [0.4, 0.5) is 5.95 Å². The van der Waals surface area contributed by atoms with Crippen LogP contribution in [0.3, 0.4) is 0 Å². The number of aryl methyl sites for hydroxylation is 3. The number of para-hydroxylation sites is 6. The van der Waals surface area contributed by atoms with Crippen LogP contribution in [0.2, 0.25) is 15.7 Å². The molecule has 14 nitrogen and oxygen atoms in total. The Hall–Kier alpha value is -6.87. The number of rotatable bonds is 6. The molecule has 10 aromatic rings. The normalized spacial score (nSPS) is 10.6. The summed E-state index contributed by atoms with van der Waals surface area (Å²) in [7, 11) is 0. The van der Waals surface area contributed by atoms with Crippen molar-refractivity contribution in [3.05, 3.63) is 173 Å². The molecule has 0 bridgehead atoms. The fourth-order valence-corrected chi connectivity index (χ4v) is 6.26. The Morgan fingerprint density at radius 2 is 1.12 bits per heavy atom. The van der Waals surface area contributed by atoms with E-state index in [-0.39, 0.29) is 10.6 Å². The highest BCUT2D eigenvalue weighted by atomic mass is 35.5. The van der Waals surface area contributed by atoms with Gasteiger partial charge in [0.2, 0.25) is 16.5 Å². The maximum Gasteiger partial charge on any atom is 0.224 e. The van der Waals surface area contributed by atoms with Crippen molar-refractivity contribution < 1.29 is 0 Å². The van der Waals surface area contributed by atoms with E-state index >= 15 is 0 Å². The third kappa shape index (κ3) is 10.4. The second-order valence-corrected chi connectivity index (χ2v) is 14.2. The van der Waals surface area contributed by atoms with E-state index < -0.39 is 0 Å². The number of aromatic nitrogens is 13. The smallest absolute Gasteiger partial charge is 0.224 e. The zero-order valence-corrected chi connectivity index (χ0v) is 34.9. The number of imidazole rings is 3. The Morgan fingerprint density at radius 1 is 0.567 bits per heavy atom. The van der Waals surface area contributed by atoms with Gasteiger partial charge in [0.1, 0.15) is 29.4 Å². The van der Waals surface area contributed by atoms with Crippen molar-refractivity contribution in [2.45, 2.75) is 27.2 Å². The highest BCUT2D eigenvalue weighted by Crippen LogP contribution is 2.21. The van der Waals surface area contributed by atoms with Crippen molar-refractivity contribution in [1.29, 1.82) is 0 Å². The molecule has 7 heterocycles. The van der Waals surface area contributed by atoms with Crippen molar-refractivity contribution in [2.24, 2.45) is 0 Å². The number of hydrogen-bond donors (Lipinski definition) is 2. The van der Waals surface area contributed by atoms with Crippen molar-refractivity contribution >= 4 is 73.9 Å². The van der Waals surface area contributed by atoms with E-state index in [1.54, 1.807) is 43.8 Å². The SMILES string of the molecule is Cc1cnc(Cl)nc1-n1cnc2ccccc21.Cc1cnc(Cl)nc1Cl.Cc1cnc(NCCc2ccncc2)nc1-n1cnc2ccccc21.c1ccc2[nH]cnc2c1. The van der Waals surface area contributed by atoms with Crippen LogP contribution < -0.4 is 5.32 Å². The average molecular weight is 856 g/mol. The first-order chi connectivity index (χ1) is 29.2. The van der Waals surface area contributed by atoms with Crippen LogP contribution in [0.1, 0.15) is 22.3 Å². The summed E-state index contributed by atoms with van der Waals surface area (Å²) in [4.78, 5) is 44.5. The number of hydrogen-bond acceptors (Lipinski definition) is 11. The van der Waals surface area contributed by atoms with Gasteiger partial charge in [0, 0.05) is 54.2 Å². The number of pyridine rings is 1. The summed E-state index contributed by atoms with van der Waals surface area (Å²) in [6, 6.07) is 27.9. The van der Waals surface area contributed by atoms with Crippen molar-refractivity contribution in [3.8, 4) is 11.6 Å². The molecule has 17 heteroatoms. The average Bonchev–Trinajstić information content (AvgIpc) is 4.04. The molecule has 0 fully saturated rings. The Balaban J connectivity index is 0.000000133. The minimum Gasteiger partial charge on any atom is -0.354 e. The van der Waals surface area contributed by atoms with E-state index in [0.29, 0.717) is 11.1 Å². The van der Waals surface area contributed by atoms with Crippen molar-refractivity contribution in [3.63, 3.8) is 0 Å². The summed E-state index contributed by atoms with van der Waals surface area (Å²) in [5.41, 5.74) is 10.1. The number of benzene rings is 3. The quantitative estimate of drug-likeness (QED) is 0.121. The van der Waals surface area contributed by atoms with Crippen LogP contribution >= 0.6 is 34.8 Å². The largest absolute Gasteiger partial charge is 0.354 e. The van der Waals surface area contributed by atoms with Gasteiger partial charge in [-0.2, -0.15) is 9.97 Å². The minimum atomic E-state index is 0.186. The summed E-state index contributed by atoms with van der Waals surface area (Å²) in [5.74, 6) is 2.22. The molecule has 0 aliphatic carbocycles. The molecule has 0 atom stereocenters. The number of aromatic amines is 1. The summed E-state index contributed by atoms with van der Waals surface area (Å²) in [6.07, 6.45) is 14.9. The highest BCUT2D eigenvalue weighted by Gasteiger charge is 2.11. The molecule has 7 aromatic heterocycles. The zero-order chi connectivity index (χ0) is 41.8. The molecule has 60 heavy (non-hydrogen) atoms. The molecule has 0 saturated carbocycles. The Kier molecular flexibility index (Phi) is 13.6. The van der Waals surface area contributed by atoms with Gasteiger partial charge in [-0.1, -0.05) is 48.0 Å². The van der Waals surface area contributed by atoms with Crippen LogP contribution in [-0.4, -0.2) is 70.5 Å². The number of H-pyrrole nitrogens is 1. The van der Waals surface area contributed by atoms with Gasteiger partial charge in [-0.05, 0) is 104 Å². The standard InChI is InChI=1S/C19H18N6.C12H9ClN4.C7H6N2.C5H4Cl2N2/c1-14-12-22-19(21-11-8-15-6-9-20-10-7-15)24-18(14)25-13-23-16-4-2-3-5-17(16)25;1-8-6-14-12(13)16-11(8)17-7-15-9-4-2-3-5-10(9)17;1-2-4-7-6(3-1)8-5-9-7;1-3-2-8-5(7)9-4(3)6/h2-7,9-10,12-13H,8,11H2,1H3,(H,21,22,24);2-7H,1H3;1-5H,(H,8,9);2H,1H3. The first kappa shape index (κ1) is 41.3. The number of fused-ring (bicyclic) bond motifs is 3. The predicted molar refractivity (Wildman–Crippen MR) is 237 cm³/mol. The molecule has 0 unspecified atom stereocenters. The van der Waals surface area contributed by atoms with E-state index in [9.17, 15) is 0 Å². The summed E-state index contributed by atoms with van der Waals surface area (Å²) >= 11 is 16.8. The molecular formula is C43H37Cl3N14. The van der Waals surface area contributed by atoms with Gasteiger partial charge in [-0.15, -0.1) is 0 Å². The molecule has 10 rings (SSSR count). The second-order valence-electron chi connectivity index (χ2n) is 13.1. The molecule has 0 amide bonds. The zero-order valence-electron chi connectivity index (χ0n) is 32.6. The first-order valence-electron chi connectivity index (χ1n) is 18.6. The monoisotopic (exact) mass is 854 g/mol. The lowest BCUT2D eigenvalue weighted by Gasteiger charge is -2.10. The molecule has 0 saturated heterocycles. The molecule has 0 radical (unpaired) electrons. The third-order valence-electron chi connectivity index (χ3n) is 8.88. The minimum absolute atomic E-state index is 0.186. The van der Waals surface area contributed by atoms with Gasteiger partial charge in [-0.3, -0.25) is 14.1 Å². The van der Waals surface area contributed by atoms with Gasteiger partial charge in [0.25, 0.3) is 0 Å². The summed E-state index contributed by atoms with van der Waals surface area (Å²) in [5, 5.41) is 4.13. The lowest BCUT2D eigenvalue weighted by Crippen LogP contribution is -2.10. The molecular weight excluding hydrogens is 819 g/mol. The topological polar surface area (TPSA) is 167 Å². The Morgan fingerprint density at radius 3 is 1.73 bits per heavy atom. The number of nitrogens with one attached hydrogen (secondary N) is 2. The van der Waals surface area contributed by atoms with Crippen molar-refractivity contribution in [1.82, 2.24) is 64.0 Å². The van der Waals surface area contributed by atoms with Crippen LogP contribution in [0.5, 0.6) is 0 Å². The summed E-state index contributed by atoms with van der Waals surface area (Å²) in [6.45, 7) is 6.53. The molecule has 0 aliphatic heterocycles. The second kappa shape index (κ2) is 19.7. The molecule has 0 spiro atoms. The molecule has 300 valence electrons. The predicted octanol–water partition coefficient (Wildman–Crippen LogP) is 9.61.